The second-order valence-corrected chi connectivity index (χ2v) is 6.31. The van der Waals surface area contributed by atoms with Gasteiger partial charge in [-0.25, -0.2) is 0 Å². The van der Waals surface area contributed by atoms with Crippen LogP contribution < -0.4 is 10.1 Å². The fourth-order valence-electron chi connectivity index (χ4n) is 3.48. The molecule has 20 heavy (non-hydrogen) atoms. The third-order valence-electron chi connectivity index (χ3n) is 4.89. The number of ether oxygens (including phenoxy) is 1. The first-order chi connectivity index (χ1) is 9.74. The summed E-state index contributed by atoms with van der Waals surface area (Å²) in [7, 11) is 1.71. The first-order valence-electron chi connectivity index (χ1n) is 7.82. The Labute approximate surface area is 121 Å². The highest BCUT2D eigenvalue weighted by Gasteiger charge is 2.32. The van der Waals surface area contributed by atoms with Crippen molar-refractivity contribution in [1.29, 1.82) is 0 Å². The largest absolute Gasteiger partial charge is 0.497 e. The summed E-state index contributed by atoms with van der Waals surface area (Å²) in [6, 6.07) is 9.78. The van der Waals surface area contributed by atoms with Gasteiger partial charge in [0.1, 0.15) is 5.75 Å². The summed E-state index contributed by atoms with van der Waals surface area (Å²) in [4.78, 5) is 0. The average Bonchev–Trinajstić information content (AvgIpc) is 2.45. The van der Waals surface area contributed by atoms with Gasteiger partial charge in [0, 0.05) is 12.1 Å². The van der Waals surface area contributed by atoms with Crippen LogP contribution in [0.5, 0.6) is 5.75 Å². The lowest BCUT2D eigenvalue weighted by molar-refractivity contribution is 0.108. The van der Waals surface area contributed by atoms with E-state index in [0.717, 1.165) is 31.4 Å². The molecule has 2 aliphatic carbocycles. The summed E-state index contributed by atoms with van der Waals surface area (Å²) >= 11 is 0. The third-order valence-corrected chi connectivity index (χ3v) is 4.89. The van der Waals surface area contributed by atoms with Crippen molar-refractivity contribution in [3.63, 3.8) is 0 Å². The number of aliphatic hydroxyl groups excluding tert-OH is 1. The third kappa shape index (κ3) is 3.15. The lowest BCUT2D eigenvalue weighted by atomic mass is 9.75. The summed E-state index contributed by atoms with van der Waals surface area (Å²) in [5.74, 6) is 1.64. The van der Waals surface area contributed by atoms with Crippen molar-refractivity contribution in [3.8, 4) is 5.75 Å². The zero-order valence-electron chi connectivity index (χ0n) is 12.2. The lowest BCUT2D eigenvalue weighted by Crippen LogP contribution is -2.47. The van der Waals surface area contributed by atoms with E-state index in [9.17, 15) is 5.11 Å². The standard InChI is InChI=1S/C17H25NO2/c1-20-17-8-2-12(3-9-17)13-10-15(11-13)18-14-4-6-16(19)7-5-14/h2-3,8-9,13-16,18-19H,4-7,10-11H2,1H3. The number of hydrogen-bond donors (Lipinski definition) is 2. The van der Waals surface area contributed by atoms with Crippen molar-refractivity contribution in [2.24, 2.45) is 0 Å². The zero-order chi connectivity index (χ0) is 13.9. The highest BCUT2D eigenvalue weighted by atomic mass is 16.5. The van der Waals surface area contributed by atoms with E-state index in [1.165, 1.54) is 18.4 Å². The summed E-state index contributed by atoms with van der Waals surface area (Å²) in [6.45, 7) is 0. The maximum absolute atomic E-state index is 9.53. The minimum absolute atomic E-state index is 0.0542. The maximum atomic E-state index is 9.53. The van der Waals surface area contributed by atoms with Crippen LogP contribution in [-0.4, -0.2) is 30.4 Å². The zero-order valence-corrected chi connectivity index (χ0v) is 12.2. The molecule has 2 aliphatic rings. The molecule has 0 atom stereocenters. The molecule has 0 unspecified atom stereocenters. The molecule has 0 saturated heterocycles. The lowest BCUT2D eigenvalue weighted by Gasteiger charge is -2.40. The van der Waals surface area contributed by atoms with Gasteiger partial charge in [0.15, 0.2) is 0 Å². The molecule has 0 heterocycles. The summed E-state index contributed by atoms with van der Waals surface area (Å²) < 4.78 is 5.20. The highest BCUT2D eigenvalue weighted by Crippen LogP contribution is 2.38. The van der Waals surface area contributed by atoms with E-state index in [1.54, 1.807) is 7.11 Å². The van der Waals surface area contributed by atoms with Crippen molar-refractivity contribution >= 4 is 0 Å². The van der Waals surface area contributed by atoms with Crippen LogP contribution in [0.25, 0.3) is 0 Å². The van der Waals surface area contributed by atoms with Gasteiger partial charge in [-0.15, -0.1) is 0 Å². The van der Waals surface area contributed by atoms with E-state index in [-0.39, 0.29) is 6.10 Å². The number of methoxy groups -OCH3 is 1. The Morgan fingerprint density at radius 1 is 1.00 bits per heavy atom. The van der Waals surface area contributed by atoms with Crippen LogP contribution in [-0.2, 0) is 0 Å². The Morgan fingerprint density at radius 3 is 2.25 bits per heavy atom. The van der Waals surface area contributed by atoms with Gasteiger partial charge in [0.05, 0.1) is 13.2 Å². The van der Waals surface area contributed by atoms with Gasteiger partial charge in [-0.1, -0.05) is 12.1 Å². The Kier molecular flexibility index (Phi) is 4.27. The molecular formula is C17H25NO2. The van der Waals surface area contributed by atoms with Gasteiger partial charge >= 0.3 is 0 Å². The Morgan fingerprint density at radius 2 is 1.65 bits per heavy atom. The minimum Gasteiger partial charge on any atom is -0.497 e. The molecular weight excluding hydrogens is 250 g/mol. The van der Waals surface area contributed by atoms with Crippen LogP contribution in [0.15, 0.2) is 24.3 Å². The Hall–Kier alpha value is -1.06. The fourth-order valence-corrected chi connectivity index (χ4v) is 3.48. The van der Waals surface area contributed by atoms with Crippen LogP contribution in [0.2, 0.25) is 0 Å². The molecule has 1 aromatic carbocycles. The number of aliphatic hydroxyl groups is 1. The number of hydrogen-bond acceptors (Lipinski definition) is 3. The molecule has 3 nitrogen and oxygen atoms in total. The van der Waals surface area contributed by atoms with Crippen molar-refractivity contribution in [2.45, 2.75) is 62.6 Å². The highest BCUT2D eigenvalue weighted by molar-refractivity contribution is 5.30. The van der Waals surface area contributed by atoms with E-state index < -0.39 is 0 Å². The number of rotatable bonds is 4. The Balaban J connectivity index is 1.44. The molecule has 0 radical (unpaired) electrons. The molecule has 1 aromatic rings. The second kappa shape index (κ2) is 6.15. The van der Waals surface area contributed by atoms with Crippen LogP contribution in [0.4, 0.5) is 0 Å². The summed E-state index contributed by atoms with van der Waals surface area (Å²) in [5, 5.41) is 13.3. The molecule has 3 heteroatoms. The van der Waals surface area contributed by atoms with Crippen molar-refractivity contribution < 1.29 is 9.84 Å². The van der Waals surface area contributed by atoms with E-state index >= 15 is 0 Å². The topological polar surface area (TPSA) is 41.5 Å². The van der Waals surface area contributed by atoms with Gasteiger partial charge in [-0.05, 0) is 62.1 Å². The molecule has 0 aromatic heterocycles. The first kappa shape index (κ1) is 13.9. The molecule has 0 bridgehead atoms. The second-order valence-electron chi connectivity index (χ2n) is 6.31. The predicted octanol–water partition coefficient (Wildman–Crippen LogP) is 2.83. The monoisotopic (exact) mass is 275 g/mol. The average molecular weight is 275 g/mol. The normalized spacial score (nSPS) is 33.5. The van der Waals surface area contributed by atoms with Gasteiger partial charge in [0.2, 0.25) is 0 Å². The predicted molar refractivity (Wildman–Crippen MR) is 80.2 cm³/mol. The molecule has 110 valence electrons. The van der Waals surface area contributed by atoms with E-state index in [0.29, 0.717) is 18.0 Å². The maximum Gasteiger partial charge on any atom is 0.118 e. The Bertz CT molecular complexity index is 417. The minimum atomic E-state index is -0.0542. The molecule has 2 saturated carbocycles. The first-order valence-corrected chi connectivity index (χ1v) is 7.82. The van der Waals surface area contributed by atoms with E-state index in [2.05, 4.69) is 29.6 Å². The van der Waals surface area contributed by atoms with E-state index in [1.807, 2.05) is 0 Å². The molecule has 0 spiro atoms. The smallest absolute Gasteiger partial charge is 0.118 e. The van der Waals surface area contributed by atoms with Crippen molar-refractivity contribution in [1.82, 2.24) is 5.32 Å². The van der Waals surface area contributed by atoms with Crippen molar-refractivity contribution in [3.05, 3.63) is 29.8 Å². The van der Waals surface area contributed by atoms with Crippen LogP contribution >= 0.6 is 0 Å². The molecule has 3 rings (SSSR count). The van der Waals surface area contributed by atoms with Gasteiger partial charge in [-0.3, -0.25) is 0 Å². The number of nitrogens with one attached hydrogen (secondary N) is 1. The van der Waals surface area contributed by atoms with Crippen LogP contribution in [0, 0.1) is 0 Å². The molecule has 0 aliphatic heterocycles. The van der Waals surface area contributed by atoms with Crippen molar-refractivity contribution in [2.75, 3.05) is 7.11 Å². The summed E-state index contributed by atoms with van der Waals surface area (Å²) in [6.07, 6.45) is 6.62. The van der Waals surface area contributed by atoms with Crippen LogP contribution in [0.3, 0.4) is 0 Å². The SMILES string of the molecule is COc1ccc(C2CC(NC3CCC(O)CC3)C2)cc1. The molecule has 2 N–H and O–H groups in total. The van der Waals surface area contributed by atoms with E-state index in [4.69, 9.17) is 4.74 Å². The van der Waals surface area contributed by atoms with Crippen LogP contribution in [0.1, 0.15) is 50.0 Å². The van der Waals surface area contributed by atoms with Gasteiger partial charge in [-0.2, -0.15) is 0 Å². The van der Waals surface area contributed by atoms with Gasteiger partial charge < -0.3 is 15.2 Å². The molecule has 2 fully saturated rings. The van der Waals surface area contributed by atoms with Gasteiger partial charge in [0.25, 0.3) is 0 Å². The number of benzene rings is 1. The fraction of sp³-hybridized carbons (Fsp3) is 0.647. The summed E-state index contributed by atoms with van der Waals surface area (Å²) in [5.41, 5.74) is 1.43. The quantitative estimate of drug-likeness (QED) is 0.888. The molecule has 0 amide bonds.